The molecule has 0 radical (unpaired) electrons. The third-order valence-corrected chi connectivity index (χ3v) is 6.15. The van der Waals surface area contributed by atoms with Crippen LogP contribution in [0.3, 0.4) is 0 Å². The van der Waals surface area contributed by atoms with Gasteiger partial charge in [-0.2, -0.15) is 0 Å². The molecule has 1 aromatic heterocycles. The molecule has 24 heavy (non-hydrogen) atoms. The summed E-state index contributed by atoms with van der Waals surface area (Å²) in [4.78, 5) is 21.2. The van der Waals surface area contributed by atoms with Gasteiger partial charge < -0.3 is 10.2 Å². The Balaban J connectivity index is 1.19. The fraction of sp³-hybridized carbons (Fsp3) is 0.684. The Morgan fingerprint density at radius 2 is 2.04 bits per heavy atom. The average Bonchev–Trinajstić information content (AvgIpc) is 3.26. The van der Waals surface area contributed by atoms with Crippen molar-refractivity contribution in [3.05, 3.63) is 30.1 Å². The number of aromatic nitrogens is 1. The van der Waals surface area contributed by atoms with Gasteiger partial charge in [-0.3, -0.25) is 9.88 Å². The molecule has 2 heterocycles. The first-order chi connectivity index (χ1) is 11.8. The summed E-state index contributed by atoms with van der Waals surface area (Å²) in [5, 5.41) is 3.04. The van der Waals surface area contributed by atoms with Crippen LogP contribution >= 0.6 is 0 Å². The monoisotopic (exact) mass is 328 g/mol. The fourth-order valence-corrected chi connectivity index (χ4v) is 4.87. The minimum Gasteiger partial charge on any atom is -0.338 e. The zero-order chi connectivity index (χ0) is 16.4. The van der Waals surface area contributed by atoms with Crippen LogP contribution in [0.5, 0.6) is 0 Å². The van der Waals surface area contributed by atoms with Gasteiger partial charge in [0.05, 0.1) is 0 Å². The number of fused-ring (bicyclic) bond motifs is 2. The van der Waals surface area contributed by atoms with Crippen molar-refractivity contribution < 1.29 is 4.79 Å². The average molecular weight is 328 g/mol. The van der Waals surface area contributed by atoms with Gasteiger partial charge in [-0.1, -0.05) is 12.5 Å². The van der Waals surface area contributed by atoms with Crippen LogP contribution in [0.1, 0.15) is 31.4 Å². The van der Waals surface area contributed by atoms with Crippen LogP contribution in [0.2, 0.25) is 0 Å². The summed E-state index contributed by atoms with van der Waals surface area (Å²) < 4.78 is 0. The number of hydrogen-bond acceptors (Lipinski definition) is 3. The fourth-order valence-electron chi connectivity index (χ4n) is 4.87. The summed E-state index contributed by atoms with van der Waals surface area (Å²) in [6.45, 7) is 4.47. The highest BCUT2D eigenvalue weighted by molar-refractivity contribution is 5.74. The lowest BCUT2D eigenvalue weighted by atomic mass is 9.93. The van der Waals surface area contributed by atoms with Crippen molar-refractivity contribution in [3.63, 3.8) is 0 Å². The molecule has 2 saturated carbocycles. The molecule has 1 N–H and O–H groups in total. The highest BCUT2D eigenvalue weighted by Gasteiger charge is 2.42. The molecule has 0 unspecified atom stereocenters. The van der Waals surface area contributed by atoms with Crippen LogP contribution in [0.4, 0.5) is 4.79 Å². The number of pyridine rings is 1. The van der Waals surface area contributed by atoms with Gasteiger partial charge in [-0.25, -0.2) is 4.79 Å². The minimum atomic E-state index is 0.0820. The zero-order valence-electron chi connectivity index (χ0n) is 14.4. The predicted octanol–water partition coefficient (Wildman–Crippen LogP) is 2.14. The summed E-state index contributed by atoms with van der Waals surface area (Å²) in [5.74, 6) is 1.93. The third kappa shape index (κ3) is 3.41. The van der Waals surface area contributed by atoms with Gasteiger partial charge in [0.25, 0.3) is 0 Å². The van der Waals surface area contributed by atoms with E-state index in [2.05, 4.69) is 15.2 Å². The van der Waals surface area contributed by atoms with Crippen molar-refractivity contribution in [2.24, 2.45) is 11.8 Å². The Labute approximate surface area is 144 Å². The van der Waals surface area contributed by atoms with Crippen LogP contribution in [0, 0.1) is 11.8 Å². The van der Waals surface area contributed by atoms with Crippen molar-refractivity contribution in [2.45, 2.75) is 38.1 Å². The number of amides is 2. The molecule has 130 valence electrons. The highest BCUT2D eigenvalue weighted by atomic mass is 16.2. The lowest BCUT2D eigenvalue weighted by Crippen LogP contribution is -2.55. The summed E-state index contributed by atoms with van der Waals surface area (Å²) in [6.07, 6.45) is 8.34. The van der Waals surface area contributed by atoms with Crippen LogP contribution in [0.15, 0.2) is 24.4 Å². The molecule has 1 aromatic rings. The van der Waals surface area contributed by atoms with Crippen LogP contribution in [-0.2, 0) is 6.42 Å². The lowest BCUT2D eigenvalue weighted by molar-refractivity contribution is 0.0828. The summed E-state index contributed by atoms with van der Waals surface area (Å²) in [6, 6.07) is 6.79. The SMILES string of the molecule is O=C(NCCc1ccccn1)N1CCN([C@H]2C[C@H]3CC[C@H]2C3)CC1. The van der Waals surface area contributed by atoms with Crippen molar-refractivity contribution in [3.8, 4) is 0 Å². The molecule has 1 saturated heterocycles. The Morgan fingerprint density at radius 3 is 2.71 bits per heavy atom. The molecule has 0 aromatic carbocycles. The van der Waals surface area contributed by atoms with Gasteiger partial charge in [-0.15, -0.1) is 0 Å². The number of piperazine rings is 1. The summed E-state index contributed by atoms with van der Waals surface area (Å²) >= 11 is 0. The molecule has 4 rings (SSSR count). The van der Waals surface area contributed by atoms with Crippen molar-refractivity contribution in [1.82, 2.24) is 20.1 Å². The second-order valence-corrected chi connectivity index (χ2v) is 7.57. The summed E-state index contributed by atoms with van der Waals surface area (Å²) in [7, 11) is 0. The molecule has 3 fully saturated rings. The molecular formula is C19H28N4O. The van der Waals surface area contributed by atoms with E-state index in [-0.39, 0.29) is 6.03 Å². The Kier molecular flexibility index (Phi) is 4.69. The number of nitrogens with one attached hydrogen (secondary N) is 1. The molecule has 2 aliphatic carbocycles. The molecule has 2 amide bonds. The van der Waals surface area contributed by atoms with E-state index < -0.39 is 0 Å². The van der Waals surface area contributed by atoms with Gasteiger partial charge in [0.1, 0.15) is 0 Å². The number of hydrogen-bond donors (Lipinski definition) is 1. The maximum Gasteiger partial charge on any atom is 0.317 e. The largest absolute Gasteiger partial charge is 0.338 e. The first-order valence-corrected chi connectivity index (χ1v) is 9.46. The second kappa shape index (κ2) is 7.09. The van der Waals surface area contributed by atoms with E-state index in [1.54, 1.807) is 6.20 Å². The number of rotatable bonds is 4. The molecule has 3 atom stereocenters. The van der Waals surface area contributed by atoms with Crippen LogP contribution < -0.4 is 5.32 Å². The summed E-state index contributed by atoms with van der Waals surface area (Å²) in [5.41, 5.74) is 1.03. The van der Waals surface area contributed by atoms with E-state index in [9.17, 15) is 4.79 Å². The van der Waals surface area contributed by atoms with Gasteiger partial charge in [0.2, 0.25) is 0 Å². The zero-order valence-corrected chi connectivity index (χ0v) is 14.4. The van der Waals surface area contributed by atoms with Crippen molar-refractivity contribution in [1.29, 1.82) is 0 Å². The van der Waals surface area contributed by atoms with Gasteiger partial charge in [0, 0.05) is 57.1 Å². The topological polar surface area (TPSA) is 48.5 Å². The van der Waals surface area contributed by atoms with E-state index in [0.717, 1.165) is 56.2 Å². The second-order valence-electron chi connectivity index (χ2n) is 7.57. The first kappa shape index (κ1) is 15.9. The molecule has 5 nitrogen and oxygen atoms in total. The Bertz CT molecular complexity index is 556. The van der Waals surface area contributed by atoms with E-state index in [1.807, 2.05) is 23.1 Å². The molecule has 3 aliphatic rings. The number of carbonyl (C=O) groups is 1. The number of urea groups is 1. The maximum absolute atomic E-state index is 12.3. The van der Waals surface area contributed by atoms with Gasteiger partial charge in [-0.05, 0) is 43.2 Å². The van der Waals surface area contributed by atoms with Gasteiger partial charge in [0.15, 0.2) is 0 Å². The van der Waals surface area contributed by atoms with Crippen LogP contribution in [-0.4, -0.2) is 59.6 Å². The quantitative estimate of drug-likeness (QED) is 0.921. The Morgan fingerprint density at radius 1 is 1.17 bits per heavy atom. The first-order valence-electron chi connectivity index (χ1n) is 9.46. The van der Waals surface area contributed by atoms with Crippen molar-refractivity contribution in [2.75, 3.05) is 32.7 Å². The van der Waals surface area contributed by atoms with E-state index in [0.29, 0.717) is 6.54 Å². The predicted molar refractivity (Wildman–Crippen MR) is 93.7 cm³/mol. The van der Waals surface area contributed by atoms with E-state index >= 15 is 0 Å². The Hall–Kier alpha value is -1.62. The van der Waals surface area contributed by atoms with Crippen molar-refractivity contribution >= 4 is 6.03 Å². The molecule has 2 bridgehead atoms. The smallest absolute Gasteiger partial charge is 0.317 e. The third-order valence-electron chi connectivity index (χ3n) is 6.15. The maximum atomic E-state index is 12.3. The number of carbonyl (C=O) groups excluding carboxylic acids is 1. The number of nitrogens with zero attached hydrogens (tertiary/aromatic N) is 3. The molecule has 5 heteroatoms. The normalized spacial score (nSPS) is 29.8. The van der Waals surface area contributed by atoms with Crippen LogP contribution in [0.25, 0.3) is 0 Å². The standard InChI is InChI=1S/C19H28N4O/c24-19(21-8-6-17-3-1-2-7-20-17)23-11-9-22(10-12-23)18-14-15-4-5-16(18)13-15/h1-3,7,15-16,18H,4-6,8-14H2,(H,21,24)/t15-,16-,18-/m0/s1. The van der Waals surface area contributed by atoms with Gasteiger partial charge >= 0.3 is 6.03 Å². The van der Waals surface area contributed by atoms with E-state index in [4.69, 9.17) is 0 Å². The lowest BCUT2D eigenvalue weighted by Gasteiger charge is -2.40. The van der Waals surface area contributed by atoms with E-state index in [1.165, 1.54) is 25.7 Å². The molecule has 1 aliphatic heterocycles. The molecule has 0 spiro atoms. The highest BCUT2D eigenvalue weighted by Crippen LogP contribution is 2.46. The molecular weight excluding hydrogens is 300 g/mol. The minimum absolute atomic E-state index is 0.0820.